The molecule has 3 atom stereocenters. The molecule has 190 valence electrons. The number of aliphatic hydroxyl groups is 1. The lowest BCUT2D eigenvalue weighted by Crippen LogP contribution is -2.39. The third-order valence-corrected chi connectivity index (χ3v) is 6.41. The highest BCUT2D eigenvalue weighted by Crippen LogP contribution is 2.30. The molecule has 2 aromatic carbocycles. The van der Waals surface area contributed by atoms with Gasteiger partial charge in [0.1, 0.15) is 18.1 Å². The van der Waals surface area contributed by atoms with Crippen molar-refractivity contribution >= 4 is 29.2 Å². The zero-order valence-electron chi connectivity index (χ0n) is 19.9. The van der Waals surface area contributed by atoms with Gasteiger partial charge in [-0.2, -0.15) is 0 Å². The zero-order chi connectivity index (χ0) is 25.5. The Kier molecular flexibility index (Phi) is 9.34. The molecule has 2 aromatic rings. The molecular formula is C26H32ClFN2O5. The van der Waals surface area contributed by atoms with Crippen molar-refractivity contribution in [2.45, 2.75) is 64.3 Å². The highest BCUT2D eigenvalue weighted by molar-refractivity contribution is 6.31. The van der Waals surface area contributed by atoms with Crippen LogP contribution in [0.5, 0.6) is 5.75 Å². The fraction of sp³-hybridized carbons (Fsp3) is 0.462. The van der Waals surface area contributed by atoms with Crippen molar-refractivity contribution in [3.05, 3.63) is 58.9 Å². The lowest BCUT2D eigenvalue weighted by molar-refractivity contribution is -0.147. The number of carboxylic acids is 1. The molecule has 7 nitrogen and oxygen atoms in total. The van der Waals surface area contributed by atoms with Gasteiger partial charge in [-0.25, -0.2) is 4.39 Å². The standard InChI is InChI=1S/C26H32ClFN2O5/c1-16(2)35-19-6-3-5-18(13-19)29-23-11-9-17(10-12-24(23)31)26(34)30(15-25(32)33)14-20-21(27)7-4-8-22(20)28/h3-8,13,16-17,23-24,29,31H,9-12,14-15H2,1-2H3,(H,32,33)/t17-,23+,24+/m1/s1. The van der Waals surface area contributed by atoms with Crippen LogP contribution >= 0.6 is 11.6 Å². The first kappa shape index (κ1) is 26.8. The van der Waals surface area contributed by atoms with Crippen molar-refractivity contribution < 1.29 is 28.9 Å². The molecule has 3 rings (SSSR count). The highest BCUT2D eigenvalue weighted by Gasteiger charge is 2.33. The predicted molar refractivity (Wildman–Crippen MR) is 132 cm³/mol. The molecule has 0 radical (unpaired) electrons. The predicted octanol–water partition coefficient (Wildman–Crippen LogP) is 4.71. The Bertz CT molecular complexity index is 1010. The molecule has 0 heterocycles. The molecule has 3 N–H and O–H groups in total. The van der Waals surface area contributed by atoms with E-state index in [9.17, 15) is 24.2 Å². The molecule has 9 heteroatoms. The van der Waals surface area contributed by atoms with Crippen LogP contribution in [0.4, 0.5) is 10.1 Å². The van der Waals surface area contributed by atoms with E-state index in [1.165, 1.54) is 18.2 Å². The molecular weight excluding hydrogens is 475 g/mol. The van der Waals surface area contributed by atoms with Gasteiger partial charge in [0.05, 0.1) is 24.8 Å². The third-order valence-electron chi connectivity index (χ3n) is 6.06. The summed E-state index contributed by atoms with van der Waals surface area (Å²) in [5.74, 6) is -1.94. The number of nitrogens with one attached hydrogen (secondary N) is 1. The highest BCUT2D eigenvalue weighted by atomic mass is 35.5. The molecule has 1 aliphatic rings. The van der Waals surface area contributed by atoms with Gasteiger partial charge in [0.15, 0.2) is 0 Å². The molecule has 0 bridgehead atoms. The van der Waals surface area contributed by atoms with Crippen LogP contribution in [0.3, 0.4) is 0 Å². The van der Waals surface area contributed by atoms with Gasteiger partial charge in [0, 0.05) is 28.3 Å². The van der Waals surface area contributed by atoms with Crippen molar-refractivity contribution in [2.75, 3.05) is 11.9 Å². The number of aliphatic hydroxyl groups excluding tert-OH is 1. The lowest BCUT2D eigenvalue weighted by atomic mass is 9.98. The smallest absolute Gasteiger partial charge is 0.323 e. The first-order chi connectivity index (χ1) is 16.6. The van der Waals surface area contributed by atoms with Crippen LogP contribution < -0.4 is 10.1 Å². The van der Waals surface area contributed by atoms with Crippen molar-refractivity contribution in [3.8, 4) is 5.75 Å². The number of aliphatic carboxylic acids is 1. The van der Waals surface area contributed by atoms with Gasteiger partial charge in [-0.15, -0.1) is 0 Å². The number of carbonyl (C=O) groups excluding carboxylic acids is 1. The lowest BCUT2D eigenvalue weighted by Gasteiger charge is -2.26. The van der Waals surface area contributed by atoms with E-state index >= 15 is 0 Å². The number of hydrogen-bond acceptors (Lipinski definition) is 5. The van der Waals surface area contributed by atoms with E-state index in [1.54, 1.807) is 0 Å². The molecule has 1 fully saturated rings. The maximum absolute atomic E-state index is 14.3. The summed E-state index contributed by atoms with van der Waals surface area (Å²) < 4.78 is 20.0. The van der Waals surface area contributed by atoms with E-state index in [-0.39, 0.29) is 35.2 Å². The van der Waals surface area contributed by atoms with Crippen molar-refractivity contribution in [3.63, 3.8) is 0 Å². The third kappa shape index (κ3) is 7.57. The Morgan fingerprint density at radius 3 is 2.57 bits per heavy atom. The van der Waals surface area contributed by atoms with E-state index in [1.807, 2.05) is 38.1 Å². The topological polar surface area (TPSA) is 99.1 Å². The number of nitrogens with zero attached hydrogens (tertiary/aromatic N) is 1. The summed E-state index contributed by atoms with van der Waals surface area (Å²) >= 11 is 6.11. The Hall–Kier alpha value is -2.84. The monoisotopic (exact) mass is 506 g/mol. The second-order valence-electron chi connectivity index (χ2n) is 9.15. The van der Waals surface area contributed by atoms with E-state index in [4.69, 9.17) is 16.3 Å². The van der Waals surface area contributed by atoms with Crippen molar-refractivity contribution in [2.24, 2.45) is 5.92 Å². The summed E-state index contributed by atoms with van der Waals surface area (Å²) in [4.78, 5) is 25.9. The van der Waals surface area contributed by atoms with E-state index in [0.717, 1.165) is 16.3 Å². The van der Waals surface area contributed by atoms with Crippen molar-refractivity contribution in [1.29, 1.82) is 0 Å². The summed E-state index contributed by atoms with van der Waals surface area (Å²) in [7, 11) is 0. The number of rotatable bonds is 9. The SMILES string of the molecule is CC(C)Oc1cccc(N[C@H]2CC[C@@H](C(=O)N(CC(=O)O)Cc3c(F)cccc3Cl)CC[C@@H]2O)c1. The molecule has 0 aromatic heterocycles. The minimum absolute atomic E-state index is 0.0356. The number of amides is 1. The Morgan fingerprint density at radius 1 is 1.17 bits per heavy atom. The molecule has 1 amide bonds. The summed E-state index contributed by atoms with van der Waals surface area (Å²) in [5, 5.41) is 23.6. The molecule has 1 saturated carbocycles. The first-order valence-electron chi connectivity index (χ1n) is 11.8. The molecule has 0 aliphatic heterocycles. The second-order valence-corrected chi connectivity index (χ2v) is 9.56. The van der Waals surface area contributed by atoms with Gasteiger partial charge < -0.3 is 25.2 Å². The number of hydrogen-bond donors (Lipinski definition) is 3. The summed E-state index contributed by atoms with van der Waals surface area (Å²) in [6.07, 6.45) is 1.09. The van der Waals surface area contributed by atoms with E-state index in [0.29, 0.717) is 25.7 Å². The van der Waals surface area contributed by atoms with Crippen LogP contribution in [0.2, 0.25) is 5.02 Å². The number of anilines is 1. The Balaban J connectivity index is 1.70. The van der Waals surface area contributed by atoms with Crippen LogP contribution in [-0.2, 0) is 16.1 Å². The normalized spacial score (nSPS) is 20.2. The second kappa shape index (κ2) is 12.2. The number of benzene rings is 2. The largest absolute Gasteiger partial charge is 0.491 e. The van der Waals surface area contributed by atoms with Gasteiger partial charge in [-0.1, -0.05) is 23.7 Å². The quantitative estimate of drug-likeness (QED) is 0.426. The summed E-state index contributed by atoms with van der Waals surface area (Å²) in [6.45, 7) is 3.09. The minimum Gasteiger partial charge on any atom is -0.491 e. The van der Waals surface area contributed by atoms with Gasteiger partial charge in [0.2, 0.25) is 5.91 Å². The van der Waals surface area contributed by atoms with Crippen LogP contribution in [-0.4, -0.2) is 51.8 Å². The van der Waals surface area contributed by atoms with Gasteiger partial charge >= 0.3 is 5.97 Å². The van der Waals surface area contributed by atoms with Gasteiger partial charge in [-0.3, -0.25) is 9.59 Å². The molecule has 0 unspecified atom stereocenters. The maximum atomic E-state index is 14.3. The van der Waals surface area contributed by atoms with Crippen LogP contribution in [0.15, 0.2) is 42.5 Å². The Morgan fingerprint density at radius 2 is 1.89 bits per heavy atom. The summed E-state index contributed by atoms with van der Waals surface area (Å²) in [5.41, 5.74) is 0.888. The van der Waals surface area contributed by atoms with Gasteiger partial charge in [0.25, 0.3) is 0 Å². The summed E-state index contributed by atoms with van der Waals surface area (Å²) in [6, 6.07) is 11.4. The fourth-order valence-electron chi connectivity index (χ4n) is 4.36. The van der Waals surface area contributed by atoms with Crippen LogP contribution in [0, 0.1) is 11.7 Å². The zero-order valence-corrected chi connectivity index (χ0v) is 20.7. The molecule has 0 saturated heterocycles. The maximum Gasteiger partial charge on any atom is 0.323 e. The van der Waals surface area contributed by atoms with Crippen LogP contribution in [0.25, 0.3) is 0 Å². The first-order valence-corrected chi connectivity index (χ1v) is 12.2. The molecule has 35 heavy (non-hydrogen) atoms. The van der Waals surface area contributed by atoms with Gasteiger partial charge in [-0.05, 0) is 63.8 Å². The Labute approximate surface area is 209 Å². The van der Waals surface area contributed by atoms with E-state index in [2.05, 4.69) is 5.32 Å². The molecule has 1 aliphatic carbocycles. The minimum atomic E-state index is -1.19. The van der Waals surface area contributed by atoms with Crippen LogP contribution in [0.1, 0.15) is 45.1 Å². The molecule has 0 spiro atoms. The average molecular weight is 507 g/mol. The number of carboxylic acid groups (broad SMARTS) is 1. The fourth-order valence-corrected chi connectivity index (χ4v) is 4.58. The number of halogens is 2. The van der Waals surface area contributed by atoms with E-state index < -0.39 is 30.4 Å². The number of carbonyl (C=O) groups is 2. The number of ether oxygens (including phenoxy) is 1. The van der Waals surface area contributed by atoms with Crippen molar-refractivity contribution in [1.82, 2.24) is 4.90 Å². The average Bonchev–Trinajstić information content (AvgIpc) is 2.96.